The molecule has 0 heterocycles. The number of hydrogen-bond acceptors (Lipinski definition) is 2. The molecule has 0 aliphatic heterocycles. The van der Waals surface area contributed by atoms with E-state index in [4.69, 9.17) is 5.26 Å². The predicted octanol–water partition coefficient (Wildman–Crippen LogP) is 4.13. The Kier molecular flexibility index (Phi) is 4.87. The van der Waals surface area contributed by atoms with Crippen LogP contribution in [0.15, 0.2) is 42.0 Å². The Morgan fingerprint density at radius 1 is 1.13 bits per heavy atom. The summed E-state index contributed by atoms with van der Waals surface area (Å²) in [6.07, 6.45) is 1.21. The van der Waals surface area contributed by atoms with E-state index in [2.05, 4.69) is 5.32 Å². The number of carbonyl (C=O) groups excluding carboxylic acids is 1. The van der Waals surface area contributed by atoms with E-state index in [0.717, 1.165) is 23.3 Å². The lowest BCUT2D eigenvalue weighted by molar-refractivity contribution is -0.112. The lowest BCUT2D eigenvalue weighted by Gasteiger charge is -2.10. The van der Waals surface area contributed by atoms with E-state index >= 15 is 0 Å². The maximum Gasteiger partial charge on any atom is 0.266 e. The molecule has 0 aromatic heterocycles. The topological polar surface area (TPSA) is 52.9 Å². The first-order chi connectivity index (χ1) is 10.9. The summed E-state index contributed by atoms with van der Waals surface area (Å²) in [6.45, 7) is 3.68. The van der Waals surface area contributed by atoms with Crippen molar-refractivity contribution >= 4 is 17.7 Å². The van der Waals surface area contributed by atoms with E-state index in [1.54, 1.807) is 6.07 Å². The van der Waals surface area contributed by atoms with Crippen LogP contribution < -0.4 is 5.32 Å². The fourth-order valence-electron chi connectivity index (χ4n) is 2.11. The number of anilines is 1. The number of rotatable bonds is 3. The molecule has 3 nitrogen and oxygen atoms in total. The normalized spacial score (nSPS) is 11.0. The molecule has 5 heteroatoms. The van der Waals surface area contributed by atoms with Crippen LogP contribution in [0.4, 0.5) is 14.5 Å². The molecule has 2 rings (SSSR count). The van der Waals surface area contributed by atoms with Gasteiger partial charge in [-0.05, 0) is 48.7 Å². The van der Waals surface area contributed by atoms with Crippen molar-refractivity contribution in [3.8, 4) is 6.07 Å². The van der Waals surface area contributed by atoms with Crippen molar-refractivity contribution in [3.05, 3.63) is 70.3 Å². The van der Waals surface area contributed by atoms with E-state index in [1.165, 1.54) is 12.1 Å². The summed E-state index contributed by atoms with van der Waals surface area (Å²) in [5, 5.41) is 11.8. The summed E-state index contributed by atoms with van der Waals surface area (Å²) in [5.41, 5.74) is 2.40. The van der Waals surface area contributed by atoms with Gasteiger partial charge < -0.3 is 5.32 Å². The van der Waals surface area contributed by atoms with Crippen LogP contribution in [0.2, 0.25) is 0 Å². The van der Waals surface area contributed by atoms with E-state index < -0.39 is 17.5 Å². The molecule has 0 radical (unpaired) electrons. The molecule has 23 heavy (non-hydrogen) atoms. The number of hydrogen-bond donors (Lipinski definition) is 1. The van der Waals surface area contributed by atoms with Gasteiger partial charge in [-0.3, -0.25) is 4.79 Å². The Morgan fingerprint density at radius 3 is 2.35 bits per heavy atom. The van der Waals surface area contributed by atoms with Crippen molar-refractivity contribution in [1.82, 2.24) is 0 Å². The van der Waals surface area contributed by atoms with E-state index in [9.17, 15) is 13.6 Å². The van der Waals surface area contributed by atoms with Gasteiger partial charge in [-0.1, -0.05) is 24.3 Å². The van der Waals surface area contributed by atoms with Crippen LogP contribution in [0.25, 0.3) is 6.08 Å². The molecule has 0 aliphatic carbocycles. The van der Waals surface area contributed by atoms with Crippen LogP contribution in [-0.2, 0) is 4.79 Å². The molecule has 1 amide bonds. The maximum absolute atomic E-state index is 13.2. The zero-order chi connectivity index (χ0) is 17.0. The highest BCUT2D eigenvalue weighted by atomic mass is 19.2. The van der Waals surface area contributed by atoms with E-state index in [1.807, 2.05) is 32.0 Å². The summed E-state index contributed by atoms with van der Waals surface area (Å²) in [6, 6.07) is 10.5. The monoisotopic (exact) mass is 312 g/mol. The number of nitriles is 1. The maximum atomic E-state index is 13.2. The molecule has 0 saturated heterocycles. The second kappa shape index (κ2) is 6.84. The minimum atomic E-state index is -1.04. The Hall–Kier alpha value is -3.00. The largest absolute Gasteiger partial charge is 0.321 e. The number of aryl methyl sites for hydroxylation is 2. The number of nitrogens with one attached hydrogen (secondary N) is 1. The fraction of sp³-hybridized carbons (Fsp3) is 0.111. The number of benzene rings is 2. The highest BCUT2D eigenvalue weighted by molar-refractivity contribution is 6.10. The summed E-state index contributed by atoms with van der Waals surface area (Å²) in [5.74, 6) is -2.62. The second-order valence-corrected chi connectivity index (χ2v) is 5.06. The molecule has 0 aliphatic rings. The molecule has 2 aromatic carbocycles. The summed E-state index contributed by atoms with van der Waals surface area (Å²) < 4.78 is 26.1. The van der Waals surface area contributed by atoms with Crippen molar-refractivity contribution in [2.45, 2.75) is 13.8 Å². The number of amides is 1. The smallest absolute Gasteiger partial charge is 0.266 e. The molecule has 2 aromatic rings. The highest BCUT2D eigenvalue weighted by Crippen LogP contribution is 2.20. The Bertz CT molecular complexity index is 815. The number of para-hydroxylation sites is 1. The first kappa shape index (κ1) is 16.4. The molecule has 1 N–H and O–H groups in total. The minimum absolute atomic E-state index is 0.196. The molecule has 0 spiro atoms. The standard InChI is InChI=1S/C18H14F2N2O/c1-11-4-3-5-12(2)17(11)22-18(23)14(10-21)8-13-6-7-15(19)16(20)9-13/h3-9H,1-2H3,(H,22,23)/b14-8+. The van der Waals surface area contributed by atoms with Crippen LogP contribution in [0.1, 0.15) is 16.7 Å². The van der Waals surface area contributed by atoms with Crippen LogP contribution in [0, 0.1) is 36.8 Å². The van der Waals surface area contributed by atoms with Gasteiger partial charge in [-0.2, -0.15) is 5.26 Å². The molecular formula is C18H14F2N2O. The predicted molar refractivity (Wildman–Crippen MR) is 84.5 cm³/mol. The van der Waals surface area contributed by atoms with Gasteiger partial charge in [0.15, 0.2) is 11.6 Å². The van der Waals surface area contributed by atoms with Crippen LogP contribution >= 0.6 is 0 Å². The zero-order valence-corrected chi connectivity index (χ0v) is 12.7. The van der Waals surface area contributed by atoms with Gasteiger partial charge in [0.1, 0.15) is 11.6 Å². The van der Waals surface area contributed by atoms with Crippen LogP contribution in [0.3, 0.4) is 0 Å². The third-order valence-corrected chi connectivity index (χ3v) is 3.34. The lowest BCUT2D eigenvalue weighted by Crippen LogP contribution is -2.15. The quantitative estimate of drug-likeness (QED) is 0.684. The van der Waals surface area contributed by atoms with Crippen LogP contribution in [-0.4, -0.2) is 5.91 Å². The Morgan fingerprint density at radius 2 is 1.78 bits per heavy atom. The van der Waals surface area contributed by atoms with E-state index in [0.29, 0.717) is 5.69 Å². The van der Waals surface area contributed by atoms with E-state index in [-0.39, 0.29) is 11.1 Å². The molecule has 0 unspecified atom stereocenters. The van der Waals surface area contributed by atoms with Crippen molar-refractivity contribution < 1.29 is 13.6 Å². The fourth-order valence-corrected chi connectivity index (χ4v) is 2.11. The molecular weight excluding hydrogens is 298 g/mol. The third-order valence-electron chi connectivity index (χ3n) is 3.34. The SMILES string of the molecule is Cc1cccc(C)c1NC(=O)/C(C#N)=C/c1ccc(F)c(F)c1. The number of carbonyl (C=O) groups is 1. The highest BCUT2D eigenvalue weighted by Gasteiger charge is 2.12. The van der Waals surface area contributed by atoms with Gasteiger partial charge in [-0.25, -0.2) is 8.78 Å². The average Bonchev–Trinajstić information content (AvgIpc) is 2.52. The average molecular weight is 312 g/mol. The van der Waals surface area contributed by atoms with Crippen molar-refractivity contribution in [1.29, 1.82) is 5.26 Å². The van der Waals surface area contributed by atoms with Gasteiger partial charge in [0.2, 0.25) is 0 Å². The molecule has 0 saturated carbocycles. The Balaban J connectivity index is 2.30. The van der Waals surface area contributed by atoms with Gasteiger partial charge >= 0.3 is 0 Å². The number of nitrogens with zero attached hydrogens (tertiary/aromatic N) is 1. The first-order valence-electron chi connectivity index (χ1n) is 6.87. The molecule has 116 valence electrons. The van der Waals surface area contributed by atoms with Crippen molar-refractivity contribution in [2.75, 3.05) is 5.32 Å². The van der Waals surface area contributed by atoms with Gasteiger partial charge in [0.05, 0.1) is 0 Å². The van der Waals surface area contributed by atoms with Gasteiger partial charge in [0, 0.05) is 5.69 Å². The summed E-state index contributed by atoms with van der Waals surface area (Å²) in [7, 11) is 0. The second-order valence-electron chi connectivity index (χ2n) is 5.06. The minimum Gasteiger partial charge on any atom is -0.321 e. The van der Waals surface area contributed by atoms with Crippen molar-refractivity contribution in [2.24, 2.45) is 0 Å². The van der Waals surface area contributed by atoms with Gasteiger partial charge in [-0.15, -0.1) is 0 Å². The lowest BCUT2D eigenvalue weighted by atomic mass is 10.1. The van der Waals surface area contributed by atoms with Gasteiger partial charge in [0.25, 0.3) is 5.91 Å². The zero-order valence-electron chi connectivity index (χ0n) is 12.7. The summed E-state index contributed by atoms with van der Waals surface area (Å²) in [4.78, 5) is 12.2. The number of halogens is 2. The summed E-state index contributed by atoms with van der Waals surface area (Å²) >= 11 is 0. The molecule has 0 bridgehead atoms. The van der Waals surface area contributed by atoms with Crippen LogP contribution in [0.5, 0.6) is 0 Å². The van der Waals surface area contributed by atoms with Crippen molar-refractivity contribution in [3.63, 3.8) is 0 Å². The Labute approximate surface area is 132 Å². The molecule has 0 fully saturated rings. The first-order valence-corrected chi connectivity index (χ1v) is 6.87. The third kappa shape index (κ3) is 3.80. The molecule has 0 atom stereocenters.